The van der Waals surface area contributed by atoms with Gasteiger partial charge in [-0.25, -0.2) is 0 Å². The predicted octanol–water partition coefficient (Wildman–Crippen LogP) is 1.98. The van der Waals surface area contributed by atoms with E-state index in [4.69, 9.17) is 4.74 Å². The minimum atomic E-state index is 0.436. The fourth-order valence-electron chi connectivity index (χ4n) is 3.32. The zero-order valence-electron chi connectivity index (χ0n) is 11.6. The molecule has 104 valence electrons. The van der Waals surface area contributed by atoms with Crippen molar-refractivity contribution < 1.29 is 4.74 Å². The maximum atomic E-state index is 5.30. The number of nitrogens with zero attached hydrogens (tertiary/aromatic N) is 2. The number of hydrogen-bond acceptors (Lipinski definition) is 4. The molecule has 19 heavy (non-hydrogen) atoms. The van der Waals surface area contributed by atoms with Crippen LogP contribution < -0.4 is 10.1 Å². The second kappa shape index (κ2) is 5.88. The van der Waals surface area contributed by atoms with Crippen LogP contribution in [-0.2, 0) is 0 Å². The van der Waals surface area contributed by atoms with Gasteiger partial charge in [0, 0.05) is 24.8 Å². The second-order valence-electron chi connectivity index (χ2n) is 5.60. The third kappa shape index (κ3) is 2.90. The average molecular weight is 261 g/mol. The summed E-state index contributed by atoms with van der Waals surface area (Å²) in [6.07, 6.45) is 9.00. The summed E-state index contributed by atoms with van der Waals surface area (Å²) in [7, 11) is 1.70. The normalized spacial score (nSPS) is 31.3. The Labute approximate surface area is 115 Å². The third-order valence-electron chi connectivity index (χ3n) is 4.39. The van der Waals surface area contributed by atoms with Gasteiger partial charge in [0.1, 0.15) is 5.75 Å². The number of aromatic nitrogens is 1. The molecule has 3 aliphatic heterocycles. The predicted molar refractivity (Wildman–Crippen MR) is 75.4 cm³/mol. The van der Waals surface area contributed by atoms with Crippen LogP contribution in [0.2, 0.25) is 0 Å². The zero-order valence-corrected chi connectivity index (χ0v) is 11.6. The van der Waals surface area contributed by atoms with Crippen molar-refractivity contribution >= 4 is 0 Å². The maximum Gasteiger partial charge on any atom is 0.137 e. The lowest BCUT2D eigenvalue weighted by Gasteiger charge is -2.39. The molecular formula is C15H23N3O. The monoisotopic (exact) mass is 261 g/mol. The summed E-state index contributed by atoms with van der Waals surface area (Å²) < 4.78 is 5.30. The number of nitrogens with one attached hydrogen (secondary N) is 1. The molecule has 1 unspecified atom stereocenters. The quantitative estimate of drug-likeness (QED) is 0.883. The summed E-state index contributed by atoms with van der Waals surface area (Å²) in [4.78, 5) is 6.92. The Morgan fingerprint density at radius 3 is 2.79 bits per heavy atom. The molecule has 1 N–H and O–H groups in total. The highest BCUT2D eigenvalue weighted by Gasteiger charge is 2.27. The van der Waals surface area contributed by atoms with Gasteiger partial charge in [-0.2, -0.15) is 0 Å². The summed E-state index contributed by atoms with van der Waals surface area (Å²) in [5.74, 6) is 0.855. The van der Waals surface area contributed by atoms with Gasteiger partial charge in [0.25, 0.3) is 0 Å². The Balaban J connectivity index is 1.84. The van der Waals surface area contributed by atoms with E-state index in [2.05, 4.69) is 21.3 Å². The first-order chi connectivity index (χ1) is 9.36. The molecule has 0 radical (unpaired) electrons. The van der Waals surface area contributed by atoms with Gasteiger partial charge in [0.15, 0.2) is 0 Å². The topological polar surface area (TPSA) is 37.4 Å². The fraction of sp³-hybridized carbons (Fsp3) is 0.667. The number of pyridine rings is 1. The van der Waals surface area contributed by atoms with Crippen molar-refractivity contribution in [3.05, 3.63) is 24.0 Å². The Morgan fingerprint density at radius 2 is 2.05 bits per heavy atom. The van der Waals surface area contributed by atoms with Crippen molar-refractivity contribution in [2.75, 3.05) is 26.7 Å². The van der Waals surface area contributed by atoms with Crippen LogP contribution in [0, 0.1) is 0 Å². The van der Waals surface area contributed by atoms with Crippen LogP contribution in [0.3, 0.4) is 0 Å². The molecule has 4 heterocycles. The van der Waals surface area contributed by atoms with Gasteiger partial charge >= 0.3 is 0 Å². The molecule has 2 bridgehead atoms. The summed E-state index contributed by atoms with van der Waals surface area (Å²) in [5.41, 5.74) is 1.27. The van der Waals surface area contributed by atoms with Crippen molar-refractivity contribution in [3.63, 3.8) is 0 Å². The van der Waals surface area contributed by atoms with Gasteiger partial charge in [-0.3, -0.25) is 9.88 Å². The van der Waals surface area contributed by atoms with Crippen LogP contribution in [0.4, 0.5) is 0 Å². The largest absolute Gasteiger partial charge is 0.495 e. The molecule has 1 atom stereocenters. The average Bonchev–Trinajstić information content (AvgIpc) is 2.37. The van der Waals surface area contributed by atoms with Crippen molar-refractivity contribution in [2.45, 2.75) is 37.8 Å². The van der Waals surface area contributed by atoms with Crippen LogP contribution >= 0.6 is 0 Å². The number of fused-ring (bicyclic) bond motifs is 6. The van der Waals surface area contributed by atoms with E-state index in [1.165, 1.54) is 44.3 Å². The minimum absolute atomic E-state index is 0.436. The van der Waals surface area contributed by atoms with E-state index >= 15 is 0 Å². The molecular weight excluding hydrogens is 238 g/mol. The van der Waals surface area contributed by atoms with E-state index in [1.54, 1.807) is 13.3 Å². The molecule has 0 aromatic carbocycles. The molecule has 3 fully saturated rings. The Bertz CT molecular complexity index is 414. The van der Waals surface area contributed by atoms with Gasteiger partial charge in [0.05, 0.1) is 13.3 Å². The number of methoxy groups -OCH3 is 1. The lowest BCUT2D eigenvalue weighted by atomic mass is 9.96. The summed E-state index contributed by atoms with van der Waals surface area (Å²) in [6.45, 7) is 3.44. The zero-order chi connectivity index (χ0) is 13.1. The highest BCUT2D eigenvalue weighted by molar-refractivity contribution is 5.26. The number of rotatable bonds is 2. The second-order valence-corrected chi connectivity index (χ2v) is 5.60. The lowest BCUT2D eigenvalue weighted by molar-refractivity contribution is 0.138. The van der Waals surface area contributed by atoms with E-state index in [0.29, 0.717) is 12.1 Å². The highest BCUT2D eigenvalue weighted by atomic mass is 16.5. The number of ether oxygens (including phenoxy) is 1. The molecule has 3 saturated heterocycles. The fourth-order valence-corrected chi connectivity index (χ4v) is 3.32. The van der Waals surface area contributed by atoms with Gasteiger partial charge < -0.3 is 10.1 Å². The first kappa shape index (κ1) is 12.9. The molecule has 0 spiro atoms. The van der Waals surface area contributed by atoms with Crippen molar-refractivity contribution in [3.8, 4) is 5.75 Å². The highest BCUT2D eigenvalue weighted by Crippen LogP contribution is 2.28. The molecule has 4 rings (SSSR count). The SMILES string of the molecule is COc1cncc(C2CNC3CCCN2CCC3)c1. The Kier molecular flexibility index (Phi) is 3.99. The van der Waals surface area contributed by atoms with Crippen LogP contribution in [-0.4, -0.2) is 42.7 Å². The Hall–Kier alpha value is -1.13. The standard InChI is InChI=1S/C15H23N3O/c1-19-14-8-12(9-16-10-14)15-11-17-13-4-2-6-18(15)7-3-5-13/h8-10,13,15,17H,2-7,11H2,1H3. The lowest BCUT2D eigenvalue weighted by Crippen LogP contribution is -2.46. The molecule has 1 aromatic heterocycles. The van der Waals surface area contributed by atoms with Crippen LogP contribution in [0.5, 0.6) is 5.75 Å². The number of hydrogen-bond donors (Lipinski definition) is 1. The van der Waals surface area contributed by atoms with E-state index in [9.17, 15) is 0 Å². The Morgan fingerprint density at radius 1 is 1.26 bits per heavy atom. The van der Waals surface area contributed by atoms with E-state index in [0.717, 1.165) is 12.3 Å². The first-order valence-corrected chi connectivity index (χ1v) is 7.33. The van der Waals surface area contributed by atoms with E-state index in [1.807, 2.05) is 6.20 Å². The van der Waals surface area contributed by atoms with Crippen molar-refractivity contribution in [1.29, 1.82) is 0 Å². The third-order valence-corrected chi connectivity index (χ3v) is 4.39. The molecule has 0 amide bonds. The van der Waals surface area contributed by atoms with Gasteiger partial charge in [0.2, 0.25) is 0 Å². The van der Waals surface area contributed by atoms with Crippen LogP contribution in [0.25, 0.3) is 0 Å². The van der Waals surface area contributed by atoms with Gasteiger partial charge in [-0.15, -0.1) is 0 Å². The molecule has 4 nitrogen and oxygen atoms in total. The van der Waals surface area contributed by atoms with Gasteiger partial charge in [-0.05, 0) is 50.4 Å². The van der Waals surface area contributed by atoms with Gasteiger partial charge in [-0.1, -0.05) is 0 Å². The van der Waals surface area contributed by atoms with Crippen molar-refractivity contribution in [1.82, 2.24) is 15.2 Å². The molecule has 3 aliphatic rings. The molecule has 0 aliphatic carbocycles. The maximum absolute atomic E-state index is 5.30. The summed E-state index contributed by atoms with van der Waals surface area (Å²) >= 11 is 0. The first-order valence-electron chi connectivity index (χ1n) is 7.33. The van der Waals surface area contributed by atoms with Crippen LogP contribution in [0.1, 0.15) is 37.3 Å². The molecule has 0 saturated carbocycles. The smallest absolute Gasteiger partial charge is 0.137 e. The van der Waals surface area contributed by atoms with E-state index in [-0.39, 0.29) is 0 Å². The molecule has 1 aromatic rings. The van der Waals surface area contributed by atoms with E-state index < -0.39 is 0 Å². The van der Waals surface area contributed by atoms with Crippen molar-refractivity contribution in [2.24, 2.45) is 0 Å². The summed E-state index contributed by atoms with van der Waals surface area (Å²) in [5, 5.41) is 3.73. The molecule has 4 heteroatoms. The summed E-state index contributed by atoms with van der Waals surface area (Å²) in [6, 6.07) is 3.28. The minimum Gasteiger partial charge on any atom is -0.495 e. The van der Waals surface area contributed by atoms with Crippen LogP contribution in [0.15, 0.2) is 18.5 Å².